The molecule has 0 atom stereocenters. The largest absolute Gasteiger partial charge is 0.469 e. The van der Waals surface area contributed by atoms with Crippen LogP contribution in [0.3, 0.4) is 0 Å². The molecule has 0 unspecified atom stereocenters. The van der Waals surface area contributed by atoms with Crippen LogP contribution in [0.15, 0.2) is 0 Å². The second kappa shape index (κ2) is 4.45. The van der Waals surface area contributed by atoms with Crippen LogP contribution in [0, 0.1) is 5.92 Å². The Morgan fingerprint density at radius 2 is 1.75 bits per heavy atom. The maximum atomic E-state index is 11.1. The lowest BCUT2D eigenvalue weighted by Gasteiger charge is -2.25. The standard InChI is InChI=1S/C9H16O3/c1-11-8-5-3-7(4-6-8)9(10)12-2/h7-8H,3-6H2,1-2H3/t7-,8-. The van der Waals surface area contributed by atoms with E-state index in [4.69, 9.17) is 4.74 Å². The van der Waals surface area contributed by atoms with Gasteiger partial charge in [0.05, 0.1) is 19.1 Å². The highest BCUT2D eigenvalue weighted by Crippen LogP contribution is 2.26. The normalized spacial score (nSPS) is 29.8. The lowest BCUT2D eigenvalue weighted by atomic mass is 9.87. The van der Waals surface area contributed by atoms with E-state index in [-0.39, 0.29) is 11.9 Å². The Hall–Kier alpha value is -0.570. The zero-order chi connectivity index (χ0) is 8.97. The first kappa shape index (κ1) is 9.52. The lowest BCUT2D eigenvalue weighted by Crippen LogP contribution is -2.26. The van der Waals surface area contributed by atoms with Crippen molar-refractivity contribution in [2.45, 2.75) is 31.8 Å². The van der Waals surface area contributed by atoms with Gasteiger partial charge >= 0.3 is 5.97 Å². The summed E-state index contributed by atoms with van der Waals surface area (Å²) in [6, 6.07) is 0. The number of rotatable bonds is 2. The molecule has 12 heavy (non-hydrogen) atoms. The highest BCUT2D eigenvalue weighted by molar-refractivity contribution is 5.72. The SMILES string of the molecule is COC(=O)[C@H]1CC[C@H](OC)CC1. The minimum Gasteiger partial charge on any atom is -0.469 e. The van der Waals surface area contributed by atoms with Gasteiger partial charge in [0, 0.05) is 7.11 Å². The molecule has 0 amide bonds. The molecule has 0 bridgehead atoms. The minimum absolute atomic E-state index is 0.0652. The molecule has 0 heterocycles. The average Bonchev–Trinajstić information content (AvgIpc) is 2.17. The van der Waals surface area contributed by atoms with Crippen LogP contribution < -0.4 is 0 Å². The van der Waals surface area contributed by atoms with Gasteiger partial charge in [-0.25, -0.2) is 0 Å². The van der Waals surface area contributed by atoms with Gasteiger partial charge in [0.25, 0.3) is 0 Å². The van der Waals surface area contributed by atoms with Crippen molar-refractivity contribution >= 4 is 5.97 Å². The summed E-state index contributed by atoms with van der Waals surface area (Å²) in [7, 11) is 3.17. The highest BCUT2D eigenvalue weighted by atomic mass is 16.5. The van der Waals surface area contributed by atoms with Crippen molar-refractivity contribution in [3.63, 3.8) is 0 Å². The molecule has 1 rings (SSSR count). The molecule has 0 aliphatic heterocycles. The number of ether oxygens (including phenoxy) is 2. The van der Waals surface area contributed by atoms with Crippen LogP contribution in [-0.2, 0) is 14.3 Å². The van der Waals surface area contributed by atoms with E-state index in [0.717, 1.165) is 25.7 Å². The molecule has 1 aliphatic carbocycles. The topological polar surface area (TPSA) is 35.5 Å². The van der Waals surface area contributed by atoms with Gasteiger partial charge < -0.3 is 9.47 Å². The van der Waals surface area contributed by atoms with Crippen molar-refractivity contribution in [3.8, 4) is 0 Å². The number of hydrogen-bond donors (Lipinski definition) is 0. The molecule has 0 aromatic carbocycles. The lowest BCUT2D eigenvalue weighted by molar-refractivity contribution is -0.147. The zero-order valence-corrected chi connectivity index (χ0v) is 7.71. The maximum absolute atomic E-state index is 11.1. The Labute approximate surface area is 73.0 Å². The van der Waals surface area contributed by atoms with E-state index < -0.39 is 0 Å². The van der Waals surface area contributed by atoms with E-state index >= 15 is 0 Å². The number of hydrogen-bond acceptors (Lipinski definition) is 3. The molecule has 70 valence electrons. The maximum Gasteiger partial charge on any atom is 0.308 e. The van der Waals surface area contributed by atoms with Gasteiger partial charge in [0.15, 0.2) is 0 Å². The summed E-state index contributed by atoms with van der Waals surface area (Å²) in [6.07, 6.45) is 4.13. The molecule has 0 N–H and O–H groups in total. The van der Waals surface area contributed by atoms with E-state index in [2.05, 4.69) is 4.74 Å². The van der Waals surface area contributed by atoms with Crippen LogP contribution in [-0.4, -0.2) is 26.3 Å². The molecular formula is C9H16O3. The van der Waals surface area contributed by atoms with Gasteiger partial charge in [0.2, 0.25) is 0 Å². The first-order valence-corrected chi connectivity index (χ1v) is 4.38. The number of methoxy groups -OCH3 is 2. The summed E-state index contributed by atoms with van der Waals surface area (Å²) < 4.78 is 9.88. The van der Waals surface area contributed by atoms with Crippen molar-refractivity contribution in [3.05, 3.63) is 0 Å². The molecule has 0 aromatic rings. The molecule has 0 radical (unpaired) electrons. The summed E-state index contributed by atoms with van der Waals surface area (Å²) in [6.45, 7) is 0. The van der Waals surface area contributed by atoms with Crippen LogP contribution in [0.25, 0.3) is 0 Å². The summed E-state index contributed by atoms with van der Waals surface area (Å²) >= 11 is 0. The van der Waals surface area contributed by atoms with Gasteiger partial charge in [-0.15, -0.1) is 0 Å². The molecule has 3 nitrogen and oxygen atoms in total. The van der Waals surface area contributed by atoms with Crippen molar-refractivity contribution in [2.24, 2.45) is 5.92 Å². The number of carbonyl (C=O) groups is 1. The molecule has 0 spiro atoms. The Balaban J connectivity index is 2.30. The molecule has 3 heteroatoms. The predicted octanol–water partition coefficient (Wildman–Crippen LogP) is 1.36. The van der Waals surface area contributed by atoms with Gasteiger partial charge in [-0.2, -0.15) is 0 Å². The fourth-order valence-corrected chi connectivity index (χ4v) is 1.70. The smallest absolute Gasteiger partial charge is 0.308 e. The third kappa shape index (κ3) is 2.21. The Bertz CT molecular complexity index is 148. The predicted molar refractivity (Wildman–Crippen MR) is 44.8 cm³/mol. The summed E-state index contributed by atoms with van der Waals surface area (Å²) in [4.78, 5) is 11.1. The minimum atomic E-state index is -0.0652. The second-order valence-electron chi connectivity index (χ2n) is 3.23. The van der Waals surface area contributed by atoms with Gasteiger partial charge in [-0.05, 0) is 25.7 Å². The first-order chi connectivity index (χ1) is 5.77. The van der Waals surface area contributed by atoms with E-state index in [9.17, 15) is 4.79 Å². The number of esters is 1. The molecule has 1 saturated carbocycles. The molecule has 1 aliphatic rings. The van der Waals surface area contributed by atoms with Crippen molar-refractivity contribution < 1.29 is 14.3 Å². The van der Waals surface area contributed by atoms with Crippen LogP contribution in [0.2, 0.25) is 0 Å². The Kier molecular flexibility index (Phi) is 3.53. The Morgan fingerprint density at radius 1 is 1.17 bits per heavy atom. The van der Waals surface area contributed by atoms with E-state index in [1.54, 1.807) is 7.11 Å². The molecule has 0 saturated heterocycles. The molecule has 1 fully saturated rings. The van der Waals surface area contributed by atoms with Crippen LogP contribution >= 0.6 is 0 Å². The number of carbonyl (C=O) groups excluding carboxylic acids is 1. The van der Waals surface area contributed by atoms with Crippen LogP contribution in [0.5, 0.6) is 0 Å². The highest BCUT2D eigenvalue weighted by Gasteiger charge is 2.26. The van der Waals surface area contributed by atoms with Crippen molar-refractivity contribution in [1.82, 2.24) is 0 Å². The molecule has 0 aromatic heterocycles. The second-order valence-corrected chi connectivity index (χ2v) is 3.23. The van der Waals surface area contributed by atoms with Crippen molar-refractivity contribution in [2.75, 3.05) is 14.2 Å². The average molecular weight is 172 g/mol. The third-order valence-electron chi connectivity index (χ3n) is 2.54. The van der Waals surface area contributed by atoms with Crippen molar-refractivity contribution in [1.29, 1.82) is 0 Å². The first-order valence-electron chi connectivity index (χ1n) is 4.38. The molecular weight excluding hydrogens is 156 g/mol. The van der Waals surface area contributed by atoms with E-state index in [1.165, 1.54) is 7.11 Å². The monoisotopic (exact) mass is 172 g/mol. The summed E-state index contributed by atoms with van der Waals surface area (Å²) in [5, 5.41) is 0. The fraction of sp³-hybridized carbons (Fsp3) is 0.889. The zero-order valence-electron chi connectivity index (χ0n) is 7.71. The third-order valence-corrected chi connectivity index (χ3v) is 2.54. The van der Waals surface area contributed by atoms with E-state index in [1.807, 2.05) is 0 Å². The quantitative estimate of drug-likeness (QED) is 0.590. The van der Waals surface area contributed by atoms with Gasteiger partial charge in [0.1, 0.15) is 0 Å². The summed E-state index contributed by atoms with van der Waals surface area (Å²) in [5.41, 5.74) is 0. The summed E-state index contributed by atoms with van der Waals surface area (Å²) in [5.74, 6) is 0.0472. The van der Waals surface area contributed by atoms with Gasteiger partial charge in [-0.3, -0.25) is 4.79 Å². The van der Waals surface area contributed by atoms with Crippen LogP contribution in [0.4, 0.5) is 0 Å². The van der Waals surface area contributed by atoms with Crippen LogP contribution in [0.1, 0.15) is 25.7 Å². The fourth-order valence-electron chi connectivity index (χ4n) is 1.70. The Morgan fingerprint density at radius 3 is 2.17 bits per heavy atom. The van der Waals surface area contributed by atoms with Gasteiger partial charge in [-0.1, -0.05) is 0 Å². The van der Waals surface area contributed by atoms with E-state index in [0.29, 0.717) is 6.10 Å².